The van der Waals surface area contributed by atoms with Crippen LogP contribution in [0.4, 0.5) is 16.2 Å². The van der Waals surface area contributed by atoms with Crippen LogP contribution in [0.25, 0.3) is 12.2 Å². The molecule has 1 aliphatic carbocycles. The van der Waals surface area contributed by atoms with Gasteiger partial charge in [-0.3, -0.25) is 4.72 Å². The summed E-state index contributed by atoms with van der Waals surface area (Å²) in [5.74, 6) is -0.0711. The summed E-state index contributed by atoms with van der Waals surface area (Å²) in [7, 11) is -1.73. The number of hydrogen-bond acceptors (Lipinski definition) is 5. The zero-order chi connectivity index (χ0) is 23.2. The van der Waals surface area contributed by atoms with Crippen molar-refractivity contribution >= 4 is 46.5 Å². The number of nitrogens with one attached hydrogen (secondary N) is 2. The van der Waals surface area contributed by atoms with E-state index in [4.69, 9.17) is 11.6 Å². The molecule has 6 nitrogen and oxygen atoms in total. The Morgan fingerprint density at radius 2 is 1.85 bits per heavy atom. The normalized spacial score (nSPS) is 15.5. The molecule has 2 heterocycles. The summed E-state index contributed by atoms with van der Waals surface area (Å²) in [6.07, 6.45) is 13.1. The van der Waals surface area contributed by atoms with E-state index in [1.54, 1.807) is 49.7 Å². The maximum absolute atomic E-state index is 14.6. The van der Waals surface area contributed by atoms with Crippen molar-refractivity contribution < 1.29 is 8.60 Å². The van der Waals surface area contributed by atoms with E-state index < -0.39 is 16.8 Å². The summed E-state index contributed by atoms with van der Waals surface area (Å²) in [6.45, 7) is 1.76. The molecule has 9 heteroatoms. The molecule has 0 radical (unpaired) electrons. The number of rotatable bonds is 7. The van der Waals surface area contributed by atoms with E-state index in [9.17, 15) is 8.60 Å². The van der Waals surface area contributed by atoms with Gasteiger partial charge in [-0.25, -0.2) is 23.6 Å². The highest BCUT2D eigenvalue weighted by Crippen LogP contribution is 2.23. The summed E-state index contributed by atoms with van der Waals surface area (Å²) in [5, 5.41) is 3.72. The van der Waals surface area contributed by atoms with Crippen molar-refractivity contribution in [3.63, 3.8) is 0 Å². The van der Waals surface area contributed by atoms with Crippen LogP contribution < -0.4 is 10.0 Å². The zero-order valence-electron chi connectivity index (χ0n) is 18.2. The minimum absolute atomic E-state index is 0.0932. The van der Waals surface area contributed by atoms with Gasteiger partial charge in [-0.1, -0.05) is 55.1 Å². The molecule has 2 aromatic heterocycles. The fraction of sp³-hybridized carbons (Fsp3) is 0.292. The number of aromatic nitrogens is 3. The lowest BCUT2D eigenvalue weighted by Gasteiger charge is -2.22. The summed E-state index contributed by atoms with van der Waals surface area (Å²) < 4.78 is 29.8. The number of benzene rings is 1. The van der Waals surface area contributed by atoms with Crippen molar-refractivity contribution in [2.45, 2.75) is 50.0 Å². The van der Waals surface area contributed by atoms with Crippen LogP contribution in [0.2, 0.25) is 5.02 Å². The average molecular weight is 486 g/mol. The van der Waals surface area contributed by atoms with Gasteiger partial charge in [0.05, 0.1) is 9.92 Å². The maximum atomic E-state index is 14.6. The largest absolute Gasteiger partial charge is 0.351 e. The third-order valence-corrected chi connectivity index (χ3v) is 7.07. The van der Waals surface area contributed by atoms with Crippen molar-refractivity contribution in [3.8, 4) is 0 Å². The lowest BCUT2D eigenvalue weighted by atomic mass is 9.96. The minimum atomic E-state index is -1.73. The number of nitrogens with zero attached hydrogens (tertiary/aromatic N) is 3. The second-order valence-electron chi connectivity index (χ2n) is 7.95. The zero-order valence-corrected chi connectivity index (χ0v) is 19.8. The molecule has 0 saturated heterocycles. The van der Waals surface area contributed by atoms with Gasteiger partial charge in [-0.15, -0.1) is 0 Å². The van der Waals surface area contributed by atoms with Crippen LogP contribution >= 0.6 is 11.6 Å². The van der Waals surface area contributed by atoms with Gasteiger partial charge in [0.2, 0.25) is 5.95 Å². The van der Waals surface area contributed by atoms with Crippen LogP contribution in [0, 0.1) is 12.7 Å². The van der Waals surface area contributed by atoms with E-state index in [2.05, 4.69) is 25.0 Å². The van der Waals surface area contributed by atoms with E-state index >= 15 is 0 Å². The monoisotopic (exact) mass is 485 g/mol. The van der Waals surface area contributed by atoms with Gasteiger partial charge in [0.1, 0.15) is 0 Å². The van der Waals surface area contributed by atoms with Gasteiger partial charge in [0.25, 0.3) is 0 Å². The Morgan fingerprint density at radius 3 is 2.58 bits per heavy atom. The van der Waals surface area contributed by atoms with Crippen LogP contribution in [-0.4, -0.2) is 25.2 Å². The molecule has 33 heavy (non-hydrogen) atoms. The Kier molecular flexibility index (Phi) is 7.67. The first-order valence-corrected chi connectivity index (χ1v) is 12.4. The van der Waals surface area contributed by atoms with Gasteiger partial charge in [-0.2, -0.15) is 0 Å². The minimum Gasteiger partial charge on any atom is -0.351 e. The molecule has 0 spiro atoms. The Hall–Kier alpha value is -2.84. The van der Waals surface area contributed by atoms with E-state index in [-0.39, 0.29) is 5.82 Å². The third-order valence-electron chi connectivity index (χ3n) is 5.50. The molecule has 0 aliphatic heterocycles. The Bertz CT molecular complexity index is 1170. The highest BCUT2D eigenvalue weighted by atomic mass is 35.5. The maximum Gasteiger partial charge on any atom is 0.222 e. The SMILES string of the molecule is Cc1nc(NS(=O)c2ccccc2Cl)c(F)cc1/C=C/c1cnc(NC2CCCCC2)nc1. The van der Waals surface area contributed by atoms with Gasteiger partial charge in [0.15, 0.2) is 22.6 Å². The van der Waals surface area contributed by atoms with Crippen LogP contribution in [0.5, 0.6) is 0 Å². The molecular weight excluding hydrogens is 461 g/mol. The Balaban J connectivity index is 1.42. The molecule has 0 amide bonds. The lowest BCUT2D eigenvalue weighted by Crippen LogP contribution is -2.23. The number of anilines is 2. The second-order valence-corrected chi connectivity index (χ2v) is 9.54. The fourth-order valence-corrected chi connectivity index (χ4v) is 4.91. The molecule has 1 atom stereocenters. The highest BCUT2D eigenvalue weighted by molar-refractivity contribution is 7.86. The predicted octanol–water partition coefficient (Wildman–Crippen LogP) is 6.02. The van der Waals surface area contributed by atoms with Crippen molar-refractivity contribution in [1.82, 2.24) is 15.0 Å². The number of aryl methyl sites for hydroxylation is 1. The highest BCUT2D eigenvalue weighted by Gasteiger charge is 2.15. The first-order valence-electron chi connectivity index (χ1n) is 10.9. The molecule has 4 rings (SSSR count). The molecule has 3 aromatic rings. The van der Waals surface area contributed by atoms with E-state index in [1.165, 1.54) is 25.3 Å². The predicted molar refractivity (Wildman–Crippen MR) is 132 cm³/mol. The van der Waals surface area contributed by atoms with Gasteiger partial charge in [-0.05, 0) is 43.5 Å². The molecule has 172 valence electrons. The molecule has 0 bridgehead atoms. The first kappa shape index (κ1) is 23.3. The fourth-order valence-electron chi connectivity index (χ4n) is 3.69. The molecule has 1 saturated carbocycles. The van der Waals surface area contributed by atoms with Crippen molar-refractivity contribution in [3.05, 3.63) is 70.4 Å². The van der Waals surface area contributed by atoms with Crippen LogP contribution in [0.15, 0.2) is 47.6 Å². The topological polar surface area (TPSA) is 79.8 Å². The second kappa shape index (κ2) is 10.9. The Labute approximate surface area is 200 Å². The van der Waals surface area contributed by atoms with Crippen LogP contribution in [0.3, 0.4) is 0 Å². The quantitative estimate of drug-likeness (QED) is 0.427. The molecule has 1 aliphatic rings. The van der Waals surface area contributed by atoms with Gasteiger partial charge >= 0.3 is 0 Å². The number of pyridine rings is 1. The van der Waals surface area contributed by atoms with Crippen molar-refractivity contribution in [2.24, 2.45) is 0 Å². The molecule has 1 fully saturated rings. The van der Waals surface area contributed by atoms with Crippen molar-refractivity contribution in [1.29, 1.82) is 0 Å². The average Bonchev–Trinajstić information content (AvgIpc) is 2.82. The summed E-state index contributed by atoms with van der Waals surface area (Å²) in [5.41, 5.74) is 1.99. The lowest BCUT2D eigenvalue weighted by molar-refractivity contribution is 0.461. The number of halogens is 2. The third kappa shape index (κ3) is 6.15. The van der Waals surface area contributed by atoms with Crippen molar-refractivity contribution in [2.75, 3.05) is 10.0 Å². The van der Waals surface area contributed by atoms with E-state index in [0.29, 0.717) is 33.2 Å². The molecule has 1 unspecified atom stereocenters. The molecular formula is C24H25ClFN5OS. The summed E-state index contributed by atoms with van der Waals surface area (Å²) in [4.78, 5) is 13.4. The van der Waals surface area contributed by atoms with E-state index in [0.717, 1.165) is 18.4 Å². The molecule has 2 N–H and O–H groups in total. The number of hydrogen-bond donors (Lipinski definition) is 2. The smallest absolute Gasteiger partial charge is 0.222 e. The first-order chi connectivity index (χ1) is 16.0. The van der Waals surface area contributed by atoms with E-state index in [1.807, 2.05) is 6.08 Å². The van der Waals surface area contributed by atoms with Gasteiger partial charge < -0.3 is 5.32 Å². The summed E-state index contributed by atoms with van der Waals surface area (Å²) >= 11 is 6.07. The summed E-state index contributed by atoms with van der Waals surface area (Å²) in [6, 6.07) is 8.49. The molecule has 1 aromatic carbocycles. The Morgan fingerprint density at radius 1 is 1.12 bits per heavy atom. The van der Waals surface area contributed by atoms with Gasteiger partial charge in [0, 0.05) is 29.7 Å². The van der Waals surface area contributed by atoms with Crippen LogP contribution in [0.1, 0.15) is 48.9 Å². The van der Waals surface area contributed by atoms with Crippen LogP contribution in [-0.2, 0) is 11.0 Å². The standard InChI is InChI=1S/C24H25ClFN5OS/c1-16-18(12-11-17-14-27-24(28-15-17)30-19-7-3-2-4-8-19)13-21(26)23(29-16)31-33(32)22-10-6-5-9-20(22)25/h5-6,9-15,19H,2-4,7-8H2,1H3,(H,29,31)(H,27,28,30)/b12-11+.